The van der Waals surface area contributed by atoms with Crippen molar-refractivity contribution < 1.29 is 9.90 Å². The number of aliphatic hydroxyl groups is 1. The molecule has 1 aliphatic heterocycles. The average Bonchev–Trinajstić information content (AvgIpc) is 3.48. The molecular formula is C24H26N4O2S. The summed E-state index contributed by atoms with van der Waals surface area (Å²) in [5.74, 6) is 0.183. The predicted molar refractivity (Wildman–Crippen MR) is 125 cm³/mol. The zero-order valence-corrected chi connectivity index (χ0v) is 18.4. The Balaban J connectivity index is 1.42. The fourth-order valence-corrected chi connectivity index (χ4v) is 5.93. The van der Waals surface area contributed by atoms with Crippen LogP contribution in [0.25, 0.3) is 21.1 Å². The number of aromatic nitrogens is 2. The monoisotopic (exact) mass is 434 g/mol. The van der Waals surface area contributed by atoms with Crippen molar-refractivity contribution in [2.24, 2.45) is 7.05 Å². The lowest BCUT2D eigenvalue weighted by atomic mass is 9.95. The predicted octanol–water partition coefficient (Wildman–Crippen LogP) is 3.50. The molecule has 0 spiro atoms. The van der Waals surface area contributed by atoms with Gasteiger partial charge in [0.05, 0.1) is 11.5 Å². The molecule has 7 heteroatoms. The number of pyridine rings is 1. The molecular weight excluding hydrogens is 408 g/mol. The standard InChI is InChI=1S/C24H26N4O2S/c1-27-13-17(18-5-2-3-7-20(18)27)15-28-11-8-16(14-28)21-19-6-4-9-26-24(19)31-22(21)23(30)25-10-12-29/h2-7,9,13,16,29H,8,10-12,14-15H2,1H3,(H,25,30). The first-order valence-corrected chi connectivity index (χ1v) is 11.5. The Morgan fingerprint density at radius 2 is 2.10 bits per heavy atom. The molecule has 0 radical (unpaired) electrons. The van der Waals surface area contributed by atoms with Crippen molar-refractivity contribution in [2.45, 2.75) is 18.9 Å². The number of hydrogen-bond acceptors (Lipinski definition) is 5. The van der Waals surface area contributed by atoms with Crippen LogP contribution in [0.1, 0.15) is 33.1 Å². The van der Waals surface area contributed by atoms with Gasteiger partial charge in [-0.1, -0.05) is 24.3 Å². The summed E-state index contributed by atoms with van der Waals surface area (Å²) in [5.41, 5.74) is 3.71. The molecule has 1 saturated heterocycles. The van der Waals surface area contributed by atoms with Gasteiger partial charge >= 0.3 is 0 Å². The highest BCUT2D eigenvalue weighted by atomic mass is 32.1. The first-order valence-electron chi connectivity index (χ1n) is 10.7. The van der Waals surface area contributed by atoms with Gasteiger partial charge in [-0.15, -0.1) is 11.3 Å². The molecule has 4 heterocycles. The topological polar surface area (TPSA) is 70.4 Å². The number of aryl methyl sites for hydroxylation is 1. The van der Waals surface area contributed by atoms with Crippen molar-refractivity contribution >= 4 is 38.4 Å². The number of para-hydroxylation sites is 1. The van der Waals surface area contributed by atoms with Crippen LogP contribution in [0.3, 0.4) is 0 Å². The molecule has 1 amide bonds. The van der Waals surface area contributed by atoms with Crippen LogP contribution in [0.15, 0.2) is 48.8 Å². The SMILES string of the molecule is Cn1cc(CN2CCC(c3c(C(=O)NCCO)sc4ncccc34)C2)c2ccccc21. The average molecular weight is 435 g/mol. The molecule has 0 bridgehead atoms. The maximum atomic E-state index is 12.8. The van der Waals surface area contributed by atoms with Crippen molar-refractivity contribution in [2.75, 3.05) is 26.2 Å². The fraction of sp³-hybridized carbons (Fsp3) is 0.333. The van der Waals surface area contributed by atoms with Crippen LogP contribution in [0, 0.1) is 0 Å². The number of hydrogen-bond donors (Lipinski definition) is 2. The summed E-state index contributed by atoms with van der Waals surface area (Å²) in [5, 5.41) is 14.3. The lowest BCUT2D eigenvalue weighted by Crippen LogP contribution is -2.27. The van der Waals surface area contributed by atoms with Crippen LogP contribution in [-0.4, -0.2) is 51.7 Å². The highest BCUT2D eigenvalue weighted by Gasteiger charge is 2.31. The van der Waals surface area contributed by atoms with E-state index in [0.717, 1.165) is 46.7 Å². The summed E-state index contributed by atoms with van der Waals surface area (Å²) in [6.07, 6.45) is 5.03. The molecule has 1 aliphatic rings. The minimum absolute atomic E-state index is 0.0630. The van der Waals surface area contributed by atoms with Gasteiger partial charge in [-0.3, -0.25) is 9.69 Å². The summed E-state index contributed by atoms with van der Waals surface area (Å²) in [6.45, 7) is 3.03. The number of fused-ring (bicyclic) bond motifs is 2. The molecule has 5 rings (SSSR count). The number of likely N-dealkylation sites (tertiary alicyclic amines) is 1. The van der Waals surface area contributed by atoms with Crippen LogP contribution in [0.2, 0.25) is 0 Å². The Bertz CT molecular complexity index is 1250. The number of thiophene rings is 1. The van der Waals surface area contributed by atoms with Crippen molar-refractivity contribution in [3.63, 3.8) is 0 Å². The van der Waals surface area contributed by atoms with Crippen LogP contribution >= 0.6 is 11.3 Å². The molecule has 160 valence electrons. The van der Waals surface area contributed by atoms with E-state index in [1.165, 1.54) is 27.8 Å². The first kappa shape index (κ1) is 20.2. The van der Waals surface area contributed by atoms with Crippen molar-refractivity contribution in [3.05, 3.63) is 64.8 Å². The molecule has 0 aliphatic carbocycles. The van der Waals surface area contributed by atoms with E-state index in [9.17, 15) is 4.79 Å². The second-order valence-electron chi connectivity index (χ2n) is 8.18. The second-order valence-corrected chi connectivity index (χ2v) is 9.18. The Labute approximate surface area is 185 Å². The second kappa shape index (κ2) is 8.42. The van der Waals surface area contributed by atoms with Crippen molar-refractivity contribution in [1.82, 2.24) is 19.8 Å². The number of carbonyl (C=O) groups is 1. The largest absolute Gasteiger partial charge is 0.395 e. The number of benzene rings is 1. The zero-order valence-electron chi connectivity index (χ0n) is 17.5. The summed E-state index contributed by atoms with van der Waals surface area (Å²) >= 11 is 1.45. The highest BCUT2D eigenvalue weighted by Crippen LogP contribution is 2.40. The minimum Gasteiger partial charge on any atom is -0.395 e. The van der Waals surface area contributed by atoms with E-state index in [2.05, 4.69) is 63.3 Å². The number of aliphatic hydroxyl groups excluding tert-OH is 1. The van der Waals surface area contributed by atoms with E-state index in [-0.39, 0.29) is 19.1 Å². The van der Waals surface area contributed by atoms with Gasteiger partial charge in [-0.05, 0) is 36.2 Å². The number of carbonyl (C=O) groups excluding carboxylic acids is 1. The smallest absolute Gasteiger partial charge is 0.261 e. The molecule has 0 saturated carbocycles. The van der Waals surface area contributed by atoms with E-state index in [1.54, 1.807) is 6.20 Å². The molecule has 2 N–H and O–H groups in total. The van der Waals surface area contributed by atoms with Gasteiger partial charge in [0.1, 0.15) is 4.83 Å². The molecule has 6 nitrogen and oxygen atoms in total. The van der Waals surface area contributed by atoms with Gasteiger partial charge in [0, 0.05) is 61.3 Å². The van der Waals surface area contributed by atoms with Gasteiger partial charge in [-0.2, -0.15) is 0 Å². The van der Waals surface area contributed by atoms with E-state index < -0.39 is 0 Å². The van der Waals surface area contributed by atoms with E-state index >= 15 is 0 Å². The molecule has 1 unspecified atom stereocenters. The normalized spacial score (nSPS) is 17.0. The van der Waals surface area contributed by atoms with Crippen molar-refractivity contribution in [3.8, 4) is 0 Å². The maximum Gasteiger partial charge on any atom is 0.261 e. The number of rotatable bonds is 6. The lowest BCUT2D eigenvalue weighted by molar-refractivity contribution is 0.0947. The van der Waals surface area contributed by atoms with Gasteiger partial charge in [0.2, 0.25) is 0 Å². The minimum atomic E-state index is -0.112. The third-order valence-corrected chi connectivity index (χ3v) is 7.29. The first-order chi connectivity index (χ1) is 15.2. The number of nitrogens with one attached hydrogen (secondary N) is 1. The van der Waals surface area contributed by atoms with Gasteiger partial charge in [0.25, 0.3) is 5.91 Å². The Hall–Kier alpha value is -2.74. The third-order valence-electron chi connectivity index (χ3n) is 6.16. The van der Waals surface area contributed by atoms with Crippen LogP contribution < -0.4 is 5.32 Å². The molecule has 1 fully saturated rings. The molecule has 1 atom stereocenters. The van der Waals surface area contributed by atoms with Crippen molar-refractivity contribution in [1.29, 1.82) is 0 Å². The van der Waals surface area contributed by atoms with Gasteiger partial charge in [-0.25, -0.2) is 4.98 Å². The van der Waals surface area contributed by atoms with Crippen LogP contribution in [0.4, 0.5) is 0 Å². The number of amides is 1. The molecule has 31 heavy (non-hydrogen) atoms. The Morgan fingerprint density at radius 3 is 2.97 bits per heavy atom. The molecule has 3 aromatic heterocycles. The summed E-state index contributed by atoms with van der Waals surface area (Å²) < 4.78 is 2.19. The quantitative estimate of drug-likeness (QED) is 0.487. The summed E-state index contributed by atoms with van der Waals surface area (Å²) in [4.78, 5) is 21.4. The summed E-state index contributed by atoms with van der Waals surface area (Å²) in [7, 11) is 2.10. The van der Waals surface area contributed by atoms with Gasteiger partial charge in [0.15, 0.2) is 0 Å². The Morgan fingerprint density at radius 1 is 1.26 bits per heavy atom. The van der Waals surface area contributed by atoms with Gasteiger partial charge < -0.3 is 15.0 Å². The van der Waals surface area contributed by atoms with E-state index in [0.29, 0.717) is 5.92 Å². The zero-order chi connectivity index (χ0) is 21.4. The maximum absolute atomic E-state index is 12.8. The Kier molecular flexibility index (Phi) is 5.48. The summed E-state index contributed by atoms with van der Waals surface area (Å²) in [6, 6.07) is 12.5. The highest BCUT2D eigenvalue weighted by molar-refractivity contribution is 7.20. The van der Waals surface area contributed by atoms with Crippen LogP contribution in [-0.2, 0) is 13.6 Å². The van der Waals surface area contributed by atoms with Crippen LogP contribution in [0.5, 0.6) is 0 Å². The molecule has 4 aromatic rings. The van der Waals surface area contributed by atoms with E-state index in [1.807, 2.05) is 6.07 Å². The fourth-order valence-electron chi connectivity index (χ4n) is 4.78. The number of nitrogens with zero attached hydrogens (tertiary/aromatic N) is 3. The van der Waals surface area contributed by atoms with E-state index in [4.69, 9.17) is 5.11 Å². The lowest BCUT2D eigenvalue weighted by Gasteiger charge is -2.16. The molecule has 1 aromatic carbocycles. The third kappa shape index (κ3) is 3.73.